The molecule has 0 aromatic carbocycles. The zero-order valence-electron chi connectivity index (χ0n) is 7.28. The lowest BCUT2D eigenvalue weighted by molar-refractivity contribution is -0.169. The van der Waals surface area contributed by atoms with Gasteiger partial charge in [-0.05, 0) is 5.92 Å². The van der Waals surface area contributed by atoms with Crippen molar-refractivity contribution in [2.75, 3.05) is 6.54 Å². The Morgan fingerprint density at radius 1 is 1.38 bits per heavy atom. The minimum Gasteiger partial charge on any atom is -0.350 e. The molecule has 0 aliphatic rings. The van der Waals surface area contributed by atoms with Crippen LogP contribution in [0.2, 0.25) is 0 Å². The first kappa shape index (κ1) is 12.2. The smallest absolute Gasteiger partial charge is 0.350 e. The minimum atomic E-state index is -4.59. The average Bonchev–Trinajstić information content (AvgIpc) is 1.99. The molecule has 0 fully saturated rings. The third-order valence-corrected chi connectivity index (χ3v) is 1.25. The molecule has 0 saturated carbocycles. The maximum Gasteiger partial charge on any atom is 0.383 e. The molecular weight excluding hydrogens is 190 g/mol. The predicted molar refractivity (Wildman–Crippen MR) is 38.8 cm³/mol. The Bertz CT molecular complexity index is 181. The van der Waals surface area contributed by atoms with Gasteiger partial charge in [-0.15, -0.1) is 0 Å². The van der Waals surface area contributed by atoms with Crippen molar-refractivity contribution in [2.45, 2.75) is 26.2 Å². The SMILES string of the molecule is CC(C)CNC(=O)C(F)(F)C(F)F. The van der Waals surface area contributed by atoms with Gasteiger partial charge in [-0.3, -0.25) is 4.79 Å². The van der Waals surface area contributed by atoms with Crippen LogP contribution < -0.4 is 5.32 Å². The molecule has 6 heteroatoms. The van der Waals surface area contributed by atoms with E-state index in [-0.39, 0.29) is 12.5 Å². The second kappa shape index (κ2) is 4.43. The summed E-state index contributed by atoms with van der Waals surface area (Å²) in [7, 11) is 0. The van der Waals surface area contributed by atoms with Crippen molar-refractivity contribution in [3.63, 3.8) is 0 Å². The number of hydrogen-bond acceptors (Lipinski definition) is 1. The van der Waals surface area contributed by atoms with Crippen LogP contribution in [0.3, 0.4) is 0 Å². The number of amides is 1. The van der Waals surface area contributed by atoms with Gasteiger partial charge in [0.1, 0.15) is 0 Å². The molecule has 13 heavy (non-hydrogen) atoms. The van der Waals surface area contributed by atoms with Crippen molar-refractivity contribution in [1.29, 1.82) is 0 Å². The summed E-state index contributed by atoms with van der Waals surface area (Å²) in [5.41, 5.74) is 0. The topological polar surface area (TPSA) is 29.1 Å². The number of carbonyl (C=O) groups is 1. The van der Waals surface area contributed by atoms with E-state index in [1.54, 1.807) is 19.2 Å². The van der Waals surface area contributed by atoms with Gasteiger partial charge in [0.2, 0.25) is 0 Å². The second-order valence-electron chi connectivity index (χ2n) is 3.03. The van der Waals surface area contributed by atoms with E-state index in [1.165, 1.54) is 0 Å². The van der Waals surface area contributed by atoms with Crippen LogP contribution in [0.1, 0.15) is 13.8 Å². The van der Waals surface area contributed by atoms with Gasteiger partial charge in [-0.25, -0.2) is 8.78 Å². The van der Waals surface area contributed by atoms with Crippen molar-refractivity contribution in [2.24, 2.45) is 5.92 Å². The molecule has 78 valence electrons. The summed E-state index contributed by atoms with van der Waals surface area (Å²) in [6.07, 6.45) is -3.96. The third-order valence-electron chi connectivity index (χ3n) is 1.25. The zero-order valence-corrected chi connectivity index (χ0v) is 7.28. The summed E-state index contributed by atoms with van der Waals surface area (Å²) in [4.78, 5) is 10.5. The minimum absolute atomic E-state index is 0.0405. The van der Waals surface area contributed by atoms with Gasteiger partial charge >= 0.3 is 12.3 Å². The summed E-state index contributed by atoms with van der Waals surface area (Å²) in [5.74, 6) is -6.57. The van der Waals surface area contributed by atoms with E-state index < -0.39 is 18.3 Å². The van der Waals surface area contributed by atoms with Crippen LogP contribution >= 0.6 is 0 Å². The Morgan fingerprint density at radius 2 is 1.85 bits per heavy atom. The molecule has 2 nitrogen and oxygen atoms in total. The normalized spacial score (nSPS) is 12.3. The van der Waals surface area contributed by atoms with Crippen LogP contribution in [0.25, 0.3) is 0 Å². The first-order valence-electron chi connectivity index (χ1n) is 3.72. The van der Waals surface area contributed by atoms with Crippen LogP contribution in [-0.2, 0) is 4.79 Å². The van der Waals surface area contributed by atoms with E-state index in [0.29, 0.717) is 0 Å². The third kappa shape index (κ3) is 3.61. The monoisotopic (exact) mass is 201 g/mol. The zero-order chi connectivity index (χ0) is 10.6. The molecule has 0 aliphatic heterocycles. The highest BCUT2D eigenvalue weighted by Gasteiger charge is 2.48. The van der Waals surface area contributed by atoms with E-state index in [4.69, 9.17) is 0 Å². The fraction of sp³-hybridized carbons (Fsp3) is 0.857. The largest absolute Gasteiger partial charge is 0.383 e. The summed E-state index contributed by atoms with van der Waals surface area (Å²) in [5, 5.41) is 1.73. The fourth-order valence-corrected chi connectivity index (χ4v) is 0.514. The van der Waals surface area contributed by atoms with E-state index in [9.17, 15) is 22.4 Å². The van der Waals surface area contributed by atoms with E-state index >= 15 is 0 Å². The van der Waals surface area contributed by atoms with Gasteiger partial charge in [0.25, 0.3) is 5.91 Å². The molecule has 0 spiro atoms. The highest BCUT2D eigenvalue weighted by atomic mass is 19.3. The molecule has 0 aromatic rings. The van der Waals surface area contributed by atoms with Gasteiger partial charge in [0, 0.05) is 6.54 Å². The van der Waals surface area contributed by atoms with Crippen LogP contribution in [-0.4, -0.2) is 24.8 Å². The van der Waals surface area contributed by atoms with Gasteiger partial charge in [0.15, 0.2) is 0 Å². The van der Waals surface area contributed by atoms with E-state index in [2.05, 4.69) is 0 Å². The average molecular weight is 201 g/mol. The molecular formula is C7H11F4NO. The van der Waals surface area contributed by atoms with Gasteiger partial charge < -0.3 is 5.32 Å². The lowest BCUT2D eigenvalue weighted by atomic mass is 10.2. The Kier molecular flexibility index (Phi) is 4.16. The number of carbonyl (C=O) groups excluding carboxylic acids is 1. The Balaban J connectivity index is 4.10. The molecule has 0 heterocycles. The predicted octanol–water partition coefficient (Wildman–Crippen LogP) is 1.66. The Hall–Kier alpha value is -0.810. The number of alkyl halides is 4. The van der Waals surface area contributed by atoms with Gasteiger partial charge in [-0.1, -0.05) is 13.8 Å². The summed E-state index contributed by atoms with van der Waals surface area (Å²) in [6.45, 7) is 3.29. The molecule has 0 saturated heterocycles. The molecule has 0 radical (unpaired) electrons. The quantitative estimate of drug-likeness (QED) is 0.688. The number of rotatable bonds is 4. The van der Waals surface area contributed by atoms with Gasteiger partial charge in [-0.2, -0.15) is 8.78 Å². The molecule has 0 unspecified atom stereocenters. The molecule has 0 atom stereocenters. The van der Waals surface area contributed by atoms with E-state index in [0.717, 1.165) is 0 Å². The van der Waals surface area contributed by atoms with Crippen molar-refractivity contribution >= 4 is 5.91 Å². The number of hydrogen-bond donors (Lipinski definition) is 1. The first-order chi connectivity index (χ1) is 5.78. The van der Waals surface area contributed by atoms with Crippen molar-refractivity contribution in [1.82, 2.24) is 5.32 Å². The van der Waals surface area contributed by atoms with Gasteiger partial charge in [0.05, 0.1) is 0 Å². The molecule has 0 bridgehead atoms. The first-order valence-corrected chi connectivity index (χ1v) is 3.72. The van der Waals surface area contributed by atoms with Crippen LogP contribution in [0.15, 0.2) is 0 Å². The Morgan fingerprint density at radius 3 is 2.15 bits per heavy atom. The summed E-state index contributed by atoms with van der Waals surface area (Å²) in [6, 6.07) is 0. The summed E-state index contributed by atoms with van der Waals surface area (Å²) >= 11 is 0. The van der Waals surface area contributed by atoms with E-state index in [1.807, 2.05) is 0 Å². The summed E-state index contributed by atoms with van der Waals surface area (Å²) < 4.78 is 47.6. The lowest BCUT2D eigenvalue weighted by Gasteiger charge is -2.15. The standard InChI is InChI=1S/C7H11F4NO/c1-4(2)3-12-6(13)7(10,11)5(8)9/h4-5H,3H2,1-2H3,(H,12,13). The highest BCUT2D eigenvalue weighted by Crippen LogP contribution is 2.22. The molecule has 0 aliphatic carbocycles. The van der Waals surface area contributed by atoms with Crippen LogP contribution in [0, 0.1) is 5.92 Å². The molecule has 1 amide bonds. The maximum absolute atomic E-state index is 12.2. The molecule has 0 aromatic heterocycles. The highest BCUT2D eigenvalue weighted by molar-refractivity contribution is 5.83. The van der Waals surface area contributed by atoms with Crippen LogP contribution in [0.4, 0.5) is 17.6 Å². The molecule has 1 N–H and O–H groups in total. The van der Waals surface area contributed by atoms with Crippen molar-refractivity contribution < 1.29 is 22.4 Å². The second-order valence-corrected chi connectivity index (χ2v) is 3.03. The maximum atomic E-state index is 12.2. The Labute approximate surface area is 73.3 Å². The fourth-order valence-electron chi connectivity index (χ4n) is 0.514. The van der Waals surface area contributed by atoms with Crippen molar-refractivity contribution in [3.05, 3.63) is 0 Å². The number of halogens is 4. The van der Waals surface area contributed by atoms with Crippen molar-refractivity contribution in [3.8, 4) is 0 Å². The lowest BCUT2D eigenvalue weighted by Crippen LogP contribution is -2.46. The van der Waals surface area contributed by atoms with Crippen LogP contribution in [0.5, 0.6) is 0 Å². The molecule has 0 rings (SSSR count). The number of nitrogens with one attached hydrogen (secondary N) is 1.